The first-order valence-electron chi connectivity index (χ1n) is 6.46. The highest BCUT2D eigenvalue weighted by Gasteiger charge is 2.12. The van der Waals surface area contributed by atoms with Crippen molar-refractivity contribution in [3.63, 3.8) is 0 Å². The number of benzene rings is 1. The third kappa shape index (κ3) is 4.13. The molecule has 2 N–H and O–H groups in total. The smallest absolute Gasteiger partial charge is 0.303 e. The van der Waals surface area contributed by atoms with Gasteiger partial charge in [-0.25, -0.2) is 0 Å². The number of ether oxygens (including phenoxy) is 2. The molecule has 0 fully saturated rings. The monoisotopic (exact) mass is 265 g/mol. The van der Waals surface area contributed by atoms with Crippen molar-refractivity contribution in [1.29, 1.82) is 0 Å². The topological polar surface area (TPSA) is 67.8 Å². The normalized spacial score (nSPS) is 15.0. The minimum absolute atomic E-state index is 0.120. The van der Waals surface area contributed by atoms with Crippen LogP contribution >= 0.6 is 0 Å². The molecule has 0 bridgehead atoms. The van der Waals surface area contributed by atoms with Gasteiger partial charge in [0.25, 0.3) is 0 Å². The SMILES string of the molecule is CC(CNCc1ccc2c(c1)OCCO2)CC(=O)O. The van der Waals surface area contributed by atoms with Gasteiger partial charge in [-0.15, -0.1) is 0 Å². The molecule has 1 aromatic carbocycles. The number of hydrogen-bond acceptors (Lipinski definition) is 4. The fourth-order valence-electron chi connectivity index (χ4n) is 2.03. The molecule has 0 radical (unpaired) electrons. The van der Waals surface area contributed by atoms with Gasteiger partial charge in [0.15, 0.2) is 11.5 Å². The number of nitrogens with one attached hydrogen (secondary N) is 1. The first kappa shape index (κ1) is 13.7. The fourth-order valence-corrected chi connectivity index (χ4v) is 2.03. The molecule has 104 valence electrons. The standard InChI is InChI=1S/C14H19NO4/c1-10(6-14(16)17)8-15-9-11-2-3-12-13(7-11)19-5-4-18-12/h2-3,7,10,15H,4-6,8-9H2,1H3,(H,16,17). The van der Waals surface area contributed by atoms with Crippen molar-refractivity contribution in [2.24, 2.45) is 5.92 Å². The van der Waals surface area contributed by atoms with Crippen LogP contribution in [0.15, 0.2) is 18.2 Å². The molecule has 5 heteroatoms. The molecule has 19 heavy (non-hydrogen) atoms. The van der Waals surface area contributed by atoms with Crippen LogP contribution in [0, 0.1) is 5.92 Å². The number of carboxylic acids is 1. The van der Waals surface area contributed by atoms with E-state index in [9.17, 15) is 4.79 Å². The third-order valence-corrected chi connectivity index (χ3v) is 2.95. The van der Waals surface area contributed by atoms with Crippen LogP contribution in [0.4, 0.5) is 0 Å². The van der Waals surface area contributed by atoms with Gasteiger partial charge < -0.3 is 19.9 Å². The Labute approximate surface area is 112 Å². The van der Waals surface area contributed by atoms with Crippen LogP contribution in [0.2, 0.25) is 0 Å². The van der Waals surface area contributed by atoms with Crippen LogP contribution in [0.5, 0.6) is 11.5 Å². The molecule has 1 aliphatic rings. The highest BCUT2D eigenvalue weighted by atomic mass is 16.6. The zero-order chi connectivity index (χ0) is 13.7. The molecule has 1 unspecified atom stereocenters. The largest absolute Gasteiger partial charge is 0.486 e. The predicted molar refractivity (Wildman–Crippen MR) is 70.6 cm³/mol. The second kappa shape index (κ2) is 6.43. The highest BCUT2D eigenvalue weighted by Crippen LogP contribution is 2.30. The summed E-state index contributed by atoms with van der Waals surface area (Å²) in [6.45, 7) is 4.48. The Kier molecular flexibility index (Phi) is 4.63. The summed E-state index contributed by atoms with van der Waals surface area (Å²) in [6, 6.07) is 5.86. The van der Waals surface area contributed by atoms with Crippen LogP contribution in [-0.4, -0.2) is 30.8 Å². The van der Waals surface area contributed by atoms with Gasteiger partial charge in [0.05, 0.1) is 0 Å². The molecule has 5 nitrogen and oxygen atoms in total. The number of aliphatic carboxylic acids is 1. The van der Waals surface area contributed by atoms with Gasteiger partial charge in [-0.05, 0) is 30.2 Å². The Morgan fingerprint density at radius 2 is 2.11 bits per heavy atom. The van der Waals surface area contributed by atoms with E-state index in [4.69, 9.17) is 14.6 Å². The number of carbonyl (C=O) groups is 1. The van der Waals surface area contributed by atoms with Crippen LogP contribution in [0.1, 0.15) is 18.9 Å². The second-order valence-corrected chi connectivity index (χ2v) is 4.81. The van der Waals surface area contributed by atoms with Gasteiger partial charge in [0.1, 0.15) is 13.2 Å². The van der Waals surface area contributed by atoms with Gasteiger partial charge >= 0.3 is 5.97 Å². The van der Waals surface area contributed by atoms with Gasteiger partial charge in [-0.1, -0.05) is 13.0 Å². The highest BCUT2D eigenvalue weighted by molar-refractivity contribution is 5.66. The molecule has 0 spiro atoms. The number of rotatable bonds is 6. The Morgan fingerprint density at radius 1 is 1.37 bits per heavy atom. The average Bonchev–Trinajstić information content (AvgIpc) is 2.37. The van der Waals surface area contributed by atoms with Crippen molar-refractivity contribution in [3.05, 3.63) is 23.8 Å². The number of hydrogen-bond donors (Lipinski definition) is 2. The van der Waals surface area contributed by atoms with E-state index >= 15 is 0 Å². The van der Waals surface area contributed by atoms with E-state index in [1.54, 1.807) is 0 Å². The molecular weight excluding hydrogens is 246 g/mol. The van der Waals surface area contributed by atoms with Crippen LogP contribution < -0.4 is 14.8 Å². The van der Waals surface area contributed by atoms with E-state index < -0.39 is 5.97 Å². The molecule has 1 atom stereocenters. The lowest BCUT2D eigenvalue weighted by molar-refractivity contribution is -0.137. The maximum atomic E-state index is 10.5. The van der Waals surface area contributed by atoms with E-state index in [0.717, 1.165) is 17.1 Å². The predicted octanol–water partition coefficient (Wildman–Crippen LogP) is 1.66. The molecule has 2 rings (SSSR count). The van der Waals surface area contributed by atoms with Crippen molar-refractivity contribution in [2.45, 2.75) is 19.9 Å². The van der Waals surface area contributed by atoms with E-state index in [1.807, 2.05) is 25.1 Å². The summed E-state index contributed by atoms with van der Waals surface area (Å²) < 4.78 is 11.0. The molecule has 0 aromatic heterocycles. The van der Waals surface area contributed by atoms with Gasteiger partial charge in [0, 0.05) is 13.0 Å². The first-order valence-corrected chi connectivity index (χ1v) is 6.46. The van der Waals surface area contributed by atoms with E-state index in [1.165, 1.54) is 0 Å². The van der Waals surface area contributed by atoms with E-state index in [-0.39, 0.29) is 12.3 Å². The van der Waals surface area contributed by atoms with E-state index in [0.29, 0.717) is 26.3 Å². The molecule has 0 saturated heterocycles. The quantitative estimate of drug-likeness (QED) is 0.818. The Balaban J connectivity index is 1.81. The summed E-state index contributed by atoms with van der Waals surface area (Å²) in [5.74, 6) is 0.932. The van der Waals surface area contributed by atoms with Crippen molar-refractivity contribution in [2.75, 3.05) is 19.8 Å². The summed E-state index contributed by atoms with van der Waals surface area (Å²) in [5.41, 5.74) is 1.10. The summed E-state index contributed by atoms with van der Waals surface area (Å²) in [5, 5.41) is 11.9. The van der Waals surface area contributed by atoms with Crippen molar-refractivity contribution in [1.82, 2.24) is 5.32 Å². The molecule has 1 aromatic rings. The minimum atomic E-state index is -0.756. The molecule has 1 aliphatic heterocycles. The van der Waals surface area contributed by atoms with E-state index in [2.05, 4.69) is 5.32 Å². The second-order valence-electron chi connectivity index (χ2n) is 4.81. The van der Waals surface area contributed by atoms with Gasteiger partial charge in [-0.3, -0.25) is 4.79 Å². The Hall–Kier alpha value is -1.75. The maximum Gasteiger partial charge on any atom is 0.303 e. The van der Waals surface area contributed by atoms with Crippen LogP contribution in [0.25, 0.3) is 0 Å². The Morgan fingerprint density at radius 3 is 2.84 bits per heavy atom. The third-order valence-electron chi connectivity index (χ3n) is 2.95. The fraction of sp³-hybridized carbons (Fsp3) is 0.500. The number of fused-ring (bicyclic) bond motifs is 1. The van der Waals surface area contributed by atoms with Gasteiger partial charge in [0.2, 0.25) is 0 Å². The lowest BCUT2D eigenvalue weighted by Crippen LogP contribution is -2.22. The number of carboxylic acid groups (broad SMARTS) is 1. The van der Waals surface area contributed by atoms with Gasteiger partial charge in [-0.2, -0.15) is 0 Å². The molecule has 0 aliphatic carbocycles. The summed E-state index contributed by atoms with van der Waals surface area (Å²) >= 11 is 0. The maximum absolute atomic E-state index is 10.5. The molecule has 0 saturated carbocycles. The summed E-state index contributed by atoms with van der Waals surface area (Å²) in [4.78, 5) is 10.5. The lowest BCUT2D eigenvalue weighted by atomic mass is 10.1. The zero-order valence-electron chi connectivity index (χ0n) is 11.0. The Bertz CT molecular complexity index is 447. The molecular formula is C14H19NO4. The molecule has 0 amide bonds. The zero-order valence-corrected chi connectivity index (χ0v) is 11.0. The van der Waals surface area contributed by atoms with Crippen molar-refractivity contribution >= 4 is 5.97 Å². The van der Waals surface area contributed by atoms with Crippen molar-refractivity contribution < 1.29 is 19.4 Å². The minimum Gasteiger partial charge on any atom is -0.486 e. The summed E-state index contributed by atoms with van der Waals surface area (Å²) in [6.07, 6.45) is 0.189. The van der Waals surface area contributed by atoms with Crippen LogP contribution in [0.3, 0.4) is 0 Å². The molecule has 1 heterocycles. The lowest BCUT2D eigenvalue weighted by Gasteiger charge is -2.19. The average molecular weight is 265 g/mol. The van der Waals surface area contributed by atoms with Crippen molar-refractivity contribution in [3.8, 4) is 11.5 Å². The first-order chi connectivity index (χ1) is 9.15. The van der Waals surface area contributed by atoms with Crippen LogP contribution in [-0.2, 0) is 11.3 Å². The summed E-state index contributed by atoms with van der Waals surface area (Å²) in [7, 11) is 0.